The minimum absolute atomic E-state index is 0.0882. The van der Waals surface area contributed by atoms with Crippen LogP contribution in [0.3, 0.4) is 0 Å². The number of nitrogens with one attached hydrogen (secondary N) is 1. The van der Waals surface area contributed by atoms with Crippen LogP contribution < -0.4 is 10.2 Å². The summed E-state index contributed by atoms with van der Waals surface area (Å²) in [6.07, 6.45) is 4.90. The molecule has 4 rings (SSSR count). The minimum atomic E-state index is -0.0882. The molecule has 24 heavy (non-hydrogen) atoms. The Morgan fingerprint density at radius 3 is 2.46 bits per heavy atom. The Kier molecular flexibility index (Phi) is 3.81. The summed E-state index contributed by atoms with van der Waals surface area (Å²) in [6, 6.07) is 13.5. The third-order valence-electron chi connectivity index (χ3n) is 4.87. The van der Waals surface area contributed by atoms with Gasteiger partial charge in [-0.2, -0.15) is 0 Å². The molecule has 1 saturated heterocycles. The van der Waals surface area contributed by atoms with E-state index in [2.05, 4.69) is 11.4 Å². The van der Waals surface area contributed by atoms with Crippen molar-refractivity contribution in [3.05, 3.63) is 59.2 Å². The van der Waals surface area contributed by atoms with Gasteiger partial charge in [-0.1, -0.05) is 6.07 Å². The number of hydrogen-bond donors (Lipinski definition) is 1. The average molecular weight is 320 g/mol. The van der Waals surface area contributed by atoms with Gasteiger partial charge in [-0.3, -0.25) is 9.59 Å². The summed E-state index contributed by atoms with van der Waals surface area (Å²) in [4.78, 5) is 26.0. The number of carbonyl (C=O) groups is 2. The SMILES string of the molecule is O=C(Nc1ccc(N2CCCC2=O)cc1)c1ccc2c(c1)CCC2. The molecule has 4 heteroatoms. The predicted molar refractivity (Wildman–Crippen MR) is 94.4 cm³/mol. The van der Waals surface area contributed by atoms with Crippen molar-refractivity contribution < 1.29 is 9.59 Å². The smallest absolute Gasteiger partial charge is 0.255 e. The molecule has 1 fully saturated rings. The number of fused-ring (bicyclic) bond motifs is 1. The molecule has 2 aliphatic rings. The Labute approximate surface area is 141 Å². The topological polar surface area (TPSA) is 49.4 Å². The summed E-state index contributed by atoms with van der Waals surface area (Å²) in [5.74, 6) is 0.0830. The molecule has 0 radical (unpaired) electrons. The molecule has 1 heterocycles. The quantitative estimate of drug-likeness (QED) is 0.940. The second-order valence-corrected chi connectivity index (χ2v) is 6.49. The molecular formula is C20H20N2O2. The van der Waals surface area contributed by atoms with Crippen LogP contribution in [0.4, 0.5) is 11.4 Å². The number of nitrogens with zero attached hydrogens (tertiary/aromatic N) is 1. The van der Waals surface area contributed by atoms with Crippen LogP contribution in [0.1, 0.15) is 40.7 Å². The van der Waals surface area contributed by atoms with Crippen LogP contribution in [0.25, 0.3) is 0 Å². The van der Waals surface area contributed by atoms with E-state index in [1.54, 1.807) is 4.90 Å². The average Bonchev–Trinajstić information content (AvgIpc) is 3.23. The Bertz CT molecular complexity index is 796. The molecule has 2 aromatic carbocycles. The second kappa shape index (κ2) is 6.11. The molecule has 0 aromatic heterocycles. The lowest BCUT2D eigenvalue weighted by Gasteiger charge is -2.16. The van der Waals surface area contributed by atoms with Crippen LogP contribution in [0.15, 0.2) is 42.5 Å². The standard InChI is InChI=1S/C20H20N2O2/c23-19-5-2-12-22(19)18-10-8-17(9-11-18)21-20(24)16-7-6-14-3-1-4-15(14)13-16/h6-11,13H,1-5,12H2,(H,21,24). The van der Waals surface area contributed by atoms with Crippen LogP contribution in [-0.4, -0.2) is 18.4 Å². The summed E-state index contributed by atoms with van der Waals surface area (Å²) in [6.45, 7) is 0.777. The first-order valence-electron chi connectivity index (χ1n) is 8.54. The molecule has 0 bridgehead atoms. The highest BCUT2D eigenvalue weighted by atomic mass is 16.2. The van der Waals surface area contributed by atoms with Crippen molar-refractivity contribution in [2.24, 2.45) is 0 Å². The van der Waals surface area contributed by atoms with Gasteiger partial charge < -0.3 is 10.2 Å². The van der Waals surface area contributed by atoms with E-state index < -0.39 is 0 Å². The van der Waals surface area contributed by atoms with Crippen molar-refractivity contribution in [2.45, 2.75) is 32.1 Å². The molecule has 1 aliphatic heterocycles. The summed E-state index contributed by atoms with van der Waals surface area (Å²) < 4.78 is 0. The van der Waals surface area contributed by atoms with E-state index in [1.807, 2.05) is 36.4 Å². The van der Waals surface area contributed by atoms with Crippen molar-refractivity contribution >= 4 is 23.2 Å². The van der Waals surface area contributed by atoms with Crippen LogP contribution in [0, 0.1) is 0 Å². The third kappa shape index (κ3) is 2.80. The molecule has 0 atom stereocenters. The van der Waals surface area contributed by atoms with Crippen molar-refractivity contribution in [2.75, 3.05) is 16.8 Å². The Hall–Kier alpha value is -2.62. The van der Waals surface area contributed by atoms with Crippen LogP contribution in [-0.2, 0) is 17.6 Å². The number of anilines is 2. The summed E-state index contributed by atoms with van der Waals surface area (Å²) in [5.41, 5.74) is 5.01. The zero-order valence-electron chi connectivity index (χ0n) is 13.5. The maximum atomic E-state index is 12.4. The molecule has 0 unspecified atom stereocenters. The van der Waals surface area contributed by atoms with Crippen molar-refractivity contribution in [1.82, 2.24) is 0 Å². The monoisotopic (exact) mass is 320 g/mol. The summed E-state index contributed by atoms with van der Waals surface area (Å²) in [7, 11) is 0. The second-order valence-electron chi connectivity index (χ2n) is 6.49. The van der Waals surface area contributed by atoms with E-state index in [1.165, 1.54) is 17.5 Å². The van der Waals surface area contributed by atoms with Gasteiger partial charge in [0, 0.05) is 29.9 Å². The van der Waals surface area contributed by atoms with Gasteiger partial charge in [0.15, 0.2) is 0 Å². The molecule has 2 aromatic rings. The highest BCUT2D eigenvalue weighted by molar-refractivity contribution is 6.04. The number of hydrogen-bond acceptors (Lipinski definition) is 2. The summed E-state index contributed by atoms with van der Waals surface area (Å²) in [5, 5.41) is 2.94. The van der Waals surface area contributed by atoms with Gasteiger partial charge in [0.2, 0.25) is 5.91 Å². The fourth-order valence-electron chi connectivity index (χ4n) is 3.56. The van der Waals surface area contributed by atoms with E-state index in [-0.39, 0.29) is 11.8 Å². The highest BCUT2D eigenvalue weighted by Gasteiger charge is 2.21. The first-order chi connectivity index (χ1) is 11.7. The van der Waals surface area contributed by atoms with Gasteiger partial charge in [0.25, 0.3) is 5.91 Å². The first-order valence-corrected chi connectivity index (χ1v) is 8.54. The molecular weight excluding hydrogens is 300 g/mol. The zero-order valence-corrected chi connectivity index (χ0v) is 13.5. The van der Waals surface area contributed by atoms with E-state index >= 15 is 0 Å². The third-order valence-corrected chi connectivity index (χ3v) is 4.87. The highest BCUT2D eigenvalue weighted by Crippen LogP contribution is 2.25. The number of aryl methyl sites for hydroxylation is 2. The van der Waals surface area contributed by atoms with E-state index in [0.29, 0.717) is 12.0 Å². The number of amides is 2. The minimum Gasteiger partial charge on any atom is -0.322 e. The van der Waals surface area contributed by atoms with Gasteiger partial charge >= 0.3 is 0 Å². The summed E-state index contributed by atoms with van der Waals surface area (Å²) >= 11 is 0. The van der Waals surface area contributed by atoms with Gasteiger partial charge in [-0.25, -0.2) is 0 Å². The lowest BCUT2D eigenvalue weighted by molar-refractivity contribution is -0.117. The van der Waals surface area contributed by atoms with Crippen LogP contribution in [0.5, 0.6) is 0 Å². The first kappa shape index (κ1) is 14.9. The Balaban J connectivity index is 1.47. The van der Waals surface area contributed by atoms with Gasteiger partial charge in [0.05, 0.1) is 0 Å². The lowest BCUT2D eigenvalue weighted by Crippen LogP contribution is -2.23. The van der Waals surface area contributed by atoms with Gasteiger partial charge in [-0.05, 0) is 73.2 Å². The largest absolute Gasteiger partial charge is 0.322 e. The molecule has 4 nitrogen and oxygen atoms in total. The van der Waals surface area contributed by atoms with Crippen molar-refractivity contribution in [1.29, 1.82) is 0 Å². The number of rotatable bonds is 3. The Morgan fingerprint density at radius 1 is 0.917 bits per heavy atom. The molecule has 1 aliphatic carbocycles. The zero-order chi connectivity index (χ0) is 16.5. The van der Waals surface area contributed by atoms with Crippen molar-refractivity contribution in [3.8, 4) is 0 Å². The Morgan fingerprint density at radius 2 is 1.71 bits per heavy atom. The molecule has 0 spiro atoms. The fraction of sp³-hybridized carbons (Fsp3) is 0.300. The van der Waals surface area contributed by atoms with Crippen LogP contribution >= 0.6 is 0 Å². The maximum Gasteiger partial charge on any atom is 0.255 e. The number of benzene rings is 2. The van der Waals surface area contributed by atoms with Crippen molar-refractivity contribution in [3.63, 3.8) is 0 Å². The van der Waals surface area contributed by atoms with E-state index in [4.69, 9.17) is 0 Å². The molecule has 1 N–H and O–H groups in total. The van der Waals surface area contributed by atoms with Gasteiger partial charge in [0.1, 0.15) is 0 Å². The lowest BCUT2D eigenvalue weighted by atomic mass is 10.1. The molecule has 122 valence electrons. The van der Waals surface area contributed by atoms with Gasteiger partial charge in [-0.15, -0.1) is 0 Å². The normalized spacial score (nSPS) is 16.3. The van der Waals surface area contributed by atoms with E-state index in [9.17, 15) is 9.59 Å². The molecule has 0 saturated carbocycles. The molecule has 2 amide bonds. The predicted octanol–water partition coefficient (Wildman–Crippen LogP) is 3.55. The number of carbonyl (C=O) groups excluding carboxylic acids is 2. The van der Waals surface area contributed by atoms with Crippen LogP contribution in [0.2, 0.25) is 0 Å². The van der Waals surface area contributed by atoms with E-state index in [0.717, 1.165) is 37.2 Å². The fourth-order valence-corrected chi connectivity index (χ4v) is 3.56. The maximum absolute atomic E-state index is 12.4.